The van der Waals surface area contributed by atoms with E-state index in [9.17, 15) is 9.90 Å². The van der Waals surface area contributed by atoms with Crippen LogP contribution in [0.1, 0.15) is 35.5 Å². The summed E-state index contributed by atoms with van der Waals surface area (Å²) in [7, 11) is 0. The number of hydrogen-bond donors (Lipinski definition) is 2. The lowest BCUT2D eigenvalue weighted by atomic mass is 10.00. The number of para-hydroxylation sites is 2. The predicted octanol–water partition coefficient (Wildman–Crippen LogP) is 5.51. The van der Waals surface area contributed by atoms with Gasteiger partial charge in [0.05, 0.1) is 42.7 Å². The number of fused-ring (bicyclic) bond motifs is 1. The number of amides is 1. The minimum Gasteiger partial charge on any atom is -0.445 e. The SMILES string of the molecule is C=CCOC(=O)Nc1ccc([C@H]2O[C@@H](Cn3cnc4ccccc43)C[C@@H](c3ccc(CO)cc3)O2)cc1. The van der Waals surface area contributed by atoms with Gasteiger partial charge in [0.1, 0.15) is 6.61 Å². The molecule has 0 radical (unpaired) electrons. The second kappa shape index (κ2) is 11.4. The van der Waals surface area contributed by atoms with Crippen LogP contribution in [0.5, 0.6) is 0 Å². The highest BCUT2D eigenvalue weighted by molar-refractivity contribution is 5.84. The molecule has 37 heavy (non-hydrogen) atoms. The molecule has 0 saturated carbocycles. The number of aliphatic hydroxyl groups is 1. The minimum absolute atomic E-state index is 0.00458. The number of aliphatic hydroxyl groups excluding tert-OH is 1. The number of hydrogen-bond acceptors (Lipinski definition) is 6. The van der Waals surface area contributed by atoms with E-state index in [2.05, 4.69) is 27.5 Å². The molecule has 8 nitrogen and oxygen atoms in total. The summed E-state index contributed by atoms with van der Waals surface area (Å²) in [6.07, 6.45) is 2.54. The van der Waals surface area contributed by atoms with Crippen LogP contribution < -0.4 is 5.32 Å². The maximum atomic E-state index is 11.8. The Kier molecular flexibility index (Phi) is 7.60. The van der Waals surface area contributed by atoms with E-state index >= 15 is 0 Å². The zero-order valence-corrected chi connectivity index (χ0v) is 20.3. The van der Waals surface area contributed by atoms with Gasteiger partial charge >= 0.3 is 6.09 Å². The lowest BCUT2D eigenvalue weighted by Gasteiger charge is -2.36. The van der Waals surface area contributed by atoms with Gasteiger partial charge in [-0.15, -0.1) is 0 Å². The smallest absolute Gasteiger partial charge is 0.411 e. The fraction of sp³-hybridized carbons (Fsp3) is 0.241. The molecule has 4 aromatic rings. The number of benzene rings is 3. The third-order valence-corrected chi connectivity index (χ3v) is 6.30. The van der Waals surface area contributed by atoms with E-state index < -0.39 is 12.4 Å². The first kappa shape index (κ1) is 24.7. The third kappa shape index (κ3) is 5.89. The third-order valence-electron chi connectivity index (χ3n) is 6.30. The van der Waals surface area contributed by atoms with Gasteiger partial charge in [0.2, 0.25) is 0 Å². The number of rotatable bonds is 8. The van der Waals surface area contributed by atoms with Crippen LogP contribution in [0.25, 0.3) is 11.0 Å². The van der Waals surface area contributed by atoms with Crippen molar-refractivity contribution in [2.75, 3.05) is 11.9 Å². The van der Waals surface area contributed by atoms with Crippen molar-refractivity contribution in [2.45, 2.75) is 38.1 Å². The molecular weight excluding hydrogens is 470 g/mol. The Hall–Kier alpha value is -3.98. The second-order valence-electron chi connectivity index (χ2n) is 8.87. The number of nitrogens with zero attached hydrogens (tertiary/aromatic N) is 2. The molecule has 2 heterocycles. The molecule has 0 unspecified atom stereocenters. The van der Waals surface area contributed by atoms with Gasteiger partial charge in [0, 0.05) is 17.7 Å². The Labute approximate surface area is 215 Å². The van der Waals surface area contributed by atoms with Gasteiger partial charge in [-0.3, -0.25) is 5.32 Å². The maximum Gasteiger partial charge on any atom is 0.411 e. The zero-order chi connectivity index (χ0) is 25.6. The molecule has 1 amide bonds. The molecule has 1 fully saturated rings. The summed E-state index contributed by atoms with van der Waals surface area (Å²) in [5.41, 5.74) is 5.31. The number of imidazole rings is 1. The molecule has 1 aliphatic heterocycles. The van der Waals surface area contributed by atoms with E-state index in [1.54, 1.807) is 12.1 Å². The fourth-order valence-electron chi connectivity index (χ4n) is 4.42. The Morgan fingerprint density at radius 2 is 1.84 bits per heavy atom. The van der Waals surface area contributed by atoms with Gasteiger partial charge in [-0.25, -0.2) is 9.78 Å². The number of anilines is 1. The average Bonchev–Trinajstić information content (AvgIpc) is 3.35. The average molecular weight is 500 g/mol. The molecule has 8 heteroatoms. The van der Waals surface area contributed by atoms with Crippen molar-refractivity contribution in [2.24, 2.45) is 0 Å². The highest BCUT2D eigenvalue weighted by Crippen LogP contribution is 2.38. The first-order valence-electron chi connectivity index (χ1n) is 12.2. The summed E-state index contributed by atoms with van der Waals surface area (Å²) >= 11 is 0. The highest BCUT2D eigenvalue weighted by Gasteiger charge is 2.32. The van der Waals surface area contributed by atoms with Crippen molar-refractivity contribution in [3.63, 3.8) is 0 Å². The lowest BCUT2D eigenvalue weighted by molar-refractivity contribution is -0.252. The molecule has 0 spiro atoms. The van der Waals surface area contributed by atoms with E-state index in [-0.39, 0.29) is 25.4 Å². The van der Waals surface area contributed by atoms with E-state index in [0.29, 0.717) is 18.7 Å². The minimum atomic E-state index is -0.599. The number of ether oxygens (including phenoxy) is 3. The van der Waals surface area contributed by atoms with Crippen molar-refractivity contribution >= 4 is 22.8 Å². The van der Waals surface area contributed by atoms with Gasteiger partial charge in [0.15, 0.2) is 6.29 Å². The van der Waals surface area contributed by atoms with E-state index in [4.69, 9.17) is 14.2 Å². The summed E-state index contributed by atoms with van der Waals surface area (Å²) in [5, 5.41) is 12.1. The molecule has 1 aliphatic rings. The van der Waals surface area contributed by atoms with Crippen molar-refractivity contribution in [1.29, 1.82) is 0 Å². The molecule has 2 N–H and O–H groups in total. The van der Waals surface area contributed by atoms with Crippen molar-refractivity contribution in [3.8, 4) is 0 Å². The van der Waals surface area contributed by atoms with Crippen LogP contribution >= 0.6 is 0 Å². The molecule has 0 aliphatic carbocycles. The molecular formula is C29H29N3O5. The van der Waals surface area contributed by atoms with Crippen LogP contribution in [0, 0.1) is 0 Å². The fourth-order valence-corrected chi connectivity index (χ4v) is 4.42. The summed E-state index contributed by atoms with van der Waals surface area (Å²) in [5.74, 6) is 0. The lowest BCUT2D eigenvalue weighted by Crippen LogP contribution is -2.32. The molecule has 5 rings (SSSR count). The molecule has 3 aromatic carbocycles. The molecule has 190 valence electrons. The number of carbonyl (C=O) groups is 1. The van der Waals surface area contributed by atoms with Crippen molar-refractivity contribution in [3.05, 3.63) is 108 Å². The number of aromatic nitrogens is 2. The molecule has 3 atom stereocenters. The van der Waals surface area contributed by atoms with Gasteiger partial charge in [0.25, 0.3) is 0 Å². The second-order valence-corrected chi connectivity index (χ2v) is 8.87. The van der Waals surface area contributed by atoms with Gasteiger partial charge in [-0.2, -0.15) is 0 Å². The van der Waals surface area contributed by atoms with Crippen LogP contribution in [-0.2, 0) is 27.4 Å². The first-order chi connectivity index (χ1) is 18.1. The number of carbonyl (C=O) groups excluding carboxylic acids is 1. The maximum absolute atomic E-state index is 11.8. The summed E-state index contributed by atoms with van der Waals surface area (Å²) in [6, 6.07) is 23.1. The Bertz CT molecular complexity index is 1350. The van der Waals surface area contributed by atoms with Crippen LogP contribution in [0.3, 0.4) is 0 Å². The Morgan fingerprint density at radius 3 is 2.59 bits per heavy atom. The van der Waals surface area contributed by atoms with Crippen LogP contribution in [-0.4, -0.2) is 33.5 Å². The van der Waals surface area contributed by atoms with Gasteiger partial charge in [-0.05, 0) is 35.4 Å². The quantitative estimate of drug-likeness (QED) is 0.311. The van der Waals surface area contributed by atoms with Gasteiger partial charge in [-0.1, -0.05) is 61.2 Å². The molecule has 0 bridgehead atoms. The largest absolute Gasteiger partial charge is 0.445 e. The highest BCUT2D eigenvalue weighted by atomic mass is 16.7. The van der Waals surface area contributed by atoms with Crippen molar-refractivity contribution < 1.29 is 24.1 Å². The first-order valence-corrected chi connectivity index (χ1v) is 12.2. The van der Waals surface area contributed by atoms with Crippen LogP contribution in [0.4, 0.5) is 10.5 Å². The number of nitrogens with one attached hydrogen (secondary N) is 1. The summed E-state index contributed by atoms with van der Waals surface area (Å²) in [4.78, 5) is 16.3. The zero-order valence-electron chi connectivity index (χ0n) is 20.3. The normalized spacial score (nSPS) is 19.4. The Balaban J connectivity index is 1.36. The predicted molar refractivity (Wildman–Crippen MR) is 140 cm³/mol. The van der Waals surface area contributed by atoms with E-state index in [1.165, 1.54) is 6.08 Å². The Morgan fingerprint density at radius 1 is 1.08 bits per heavy atom. The van der Waals surface area contributed by atoms with E-state index in [1.807, 2.05) is 60.9 Å². The van der Waals surface area contributed by atoms with Gasteiger partial charge < -0.3 is 23.9 Å². The monoisotopic (exact) mass is 499 g/mol. The van der Waals surface area contributed by atoms with Crippen molar-refractivity contribution in [1.82, 2.24) is 9.55 Å². The topological polar surface area (TPSA) is 94.8 Å². The van der Waals surface area contributed by atoms with E-state index in [0.717, 1.165) is 27.7 Å². The summed E-state index contributed by atoms with van der Waals surface area (Å²) in [6.45, 7) is 4.30. The molecule has 1 aromatic heterocycles. The van der Waals surface area contributed by atoms with Crippen LogP contribution in [0.15, 0.2) is 91.8 Å². The standard InChI is InChI=1S/C29H29N3O5/c1-2-15-35-29(34)31-23-13-11-22(12-14-23)28-36-24(17-32-19-30-25-5-3-4-6-26(25)32)16-27(37-28)21-9-7-20(18-33)8-10-21/h2-14,19,24,27-28,33H,1,15-18H2,(H,31,34)/t24-,27+,28+/m1/s1. The summed E-state index contributed by atoms with van der Waals surface area (Å²) < 4.78 is 19.9. The molecule has 1 saturated heterocycles. The van der Waals surface area contributed by atoms with Crippen LogP contribution in [0.2, 0.25) is 0 Å².